The number of piperidine rings is 1. The minimum Gasteiger partial charge on any atom is -0.489 e. The van der Waals surface area contributed by atoms with Crippen LogP contribution >= 0.6 is 0 Å². The number of nitrogens with zero attached hydrogens (tertiary/aromatic N) is 2. The minimum absolute atomic E-state index is 0.00106. The zero-order chi connectivity index (χ0) is 18.8. The van der Waals surface area contributed by atoms with Crippen molar-refractivity contribution >= 4 is 0 Å². The molecule has 0 aliphatic carbocycles. The molecule has 3 aliphatic rings. The van der Waals surface area contributed by atoms with Crippen molar-refractivity contribution in [3.63, 3.8) is 0 Å². The molecule has 1 N–H and O–H groups in total. The molecule has 1 aromatic rings. The van der Waals surface area contributed by atoms with Crippen LogP contribution in [0.15, 0.2) is 42.0 Å². The third-order valence-electron chi connectivity index (χ3n) is 5.18. The number of hydrogen-bond donors (Lipinski definition) is 1. The summed E-state index contributed by atoms with van der Waals surface area (Å²) in [6.07, 6.45) is 5.65. The lowest BCUT2D eigenvalue weighted by molar-refractivity contribution is 0.0370. The number of ether oxygens (including phenoxy) is 3. The molecular formula is C19H23F2N3O3. The minimum atomic E-state index is -0.477. The highest BCUT2D eigenvalue weighted by molar-refractivity contribution is 5.29. The number of dihydropyridines is 1. The standard InChI is InChI=1S/C19H23F2N3O3/c1-12(18-16(21)9-17-19(23-18)26-7-6-25-17)24-4-2-14(3-5-24)27-15-8-13(20)10-22-11-15/h8-12,14,18,23H,2-7H2,1H3. The van der Waals surface area contributed by atoms with E-state index in [2.05, 4.69) is 15.2 Å². The second-order valence-corrected chi connectivity index (χ2v) is 6.97. The Morgan fingerprint density at radius 1 is 1.22 bits per heavy atom. The van der Waals surface area contributed by atoms with Gasteiger partial charge in [0.2, 0.25) is 5.88 Å². The highest BCUT2D eigenvalue weighted by Gasteiger charge is 2.35. The van der Waals surface area contributed by atoms with E-state index in [4.69, 9.17) is 14.2 Å². The van der Waals surface area contributed by atoms with Crippen LogP contribution in [-0.4, -0.2) is 54.4 Å². The van der Waals surface area contributed by atoms with Gasteiger partial charge < -0.3 is 19.5 Å². The fourth-order valence-corrected chi connectivity index (χ4v) is 3.69. The van der Waals surface area contributed by atoms with Gasteiger partial charge in [-0.15, -0.1) is 0 Å². The van der Waals surface area contributed by atoms with Crippen LogP contribution < -0.4 is 10.1 Å². The topological polar surface area (TPSA) is 55.8 Å². The number of nitrogens with one attached hydrogen (secondary N) is 1. The summed E-state index contributed by atoms with van der Waals surface area (Å²) in [6.45, 7) is 4.42. The second kappa shape index (κ2) is 7.72. The van der Waals surface area contributed by atoms with Gasteiger partial charge in [-0.05, 0) is 19.8 Å². The molecule has 0 aromatic carbocycles. The molecule has 3 aliphatic heterocycles. The average Bonchev–Trinajstić information content (AvgIpc) is 2.67. The van der Waals surface area contributed by atoms with Gasteiger partial charge in [-0.25, -0.2) is 8.78 Å². The third kappa shape index (κ3) is 4.00. The zero-order valence-electron chi connectivity index (χ0n) is 15.2. The Labute approximate surface area is 156 Å². The Morgan fingerprint density at radius 2 is 2.00 bits per heavy atom. The summed E-state index contributed by atoms with van der Waals surface area (Å²) >= 11 is 0. The molecule has 4 rings (SSSR count). The Bertz CT molecular complexity index is 747. The summed E-state index contributed by atoms with van der Waals surface area (Å²) in [5.74, 6) is 0.718. The van der Waals surface area contributed by atoms with Gasteiger partial charge in [0.1, 0.15) is 36.7 Å². The van der Waals surface area contributed by atoms with Crippen molar-refractivity contribution in [1.82, 2.24) is 15.2 Å². The molecule has 0 radical (unpaired) electrons. The van der Waals surface area contributed by atoms with Gasteiger partial charge in [-0.2, -0.15) is 0 Å². The molecule has 1 aromatic heterocycles. The van der Waals surface area contributed by atoms with Crippen LogP contribution in [0.2, 0.25) is 0 Å². The van der Waals surface area contributed by atoms with Gasteiger partial charge >= 0.3 is 0 Å². The Hall–Kier alpha value is -2.35. The van der Waals surface area contributed by atoms with Gasteiger partial charge in [0.25, 0.3) is 0 Å². The first kappa shape index (κ1) is 18.0. The molecule has 8 heteroatoms. The summed E-state index contributed by atoms with van der Waals surface area (Å²) in [5, 5.41) is 3.13. The molecule has 1 saturated heterocycles. The largest absolute Gasteiger partial charge is 0.489 e. The molecule has 0 bridgehead atoms. The Kier molecular flexibility index (Phi) is 5.15. The molecule has 0 amide bonds. The van der Waals surface area contributed by atoms with Crippen LogP contribution in [0.25, 0.3) is 0 Å². The fourth-order valence-electron chi connectivity index (χ4n) is 3.69. The van der Waals surface area contributed by atoms with Crippen molar-refractivity contribution in [3.05, 3.63) is 47.8 Å². The van der Waals surface area contributed by atoms with Crippen LogP contribution in [0.4, 0.5) is 8.78 Å². The van der Waals surface area contributed by atoms with Crippen LogP contribution in [0.3, 0.4) is 0 Å². The van der Waals surface area contributed by atoms with Gasteiger partial charge in [-0.3, -0.25) is 9.88 Å². The smallest absolute Gasteiger partial charge is 0.231 e. The van der Waals surface area contributed by atoms with E-state index in [0.29, 0.717) is 30.6 Å². The molecule has 1 fully saturated rings. The molecule has 2 atom stereocenters. The maximum atomic E-state index is 14.6. The van der Waals surface area contributed by atoms with Crippen molar-refractivity contribution in [2.45, 2.75) is 38.0 Å². The van der Waals surface area contributed by atoms with Crippen molar-refractivity contribution in [2.24, 2.45) is 0 Å². The molecule has 2 unspecified atom stereocenters. The van der Waals surface area contributed by atoms with E-state index in [1.165, 1.54) is 18.3 Å². The number of aromatic nitrogens is 1. The summed E-state index contributed by atoms with van der Waals surface area (Å²) in [7, 11) is 0. The number of hydrogen-bond acceptors (Lipinski definition) is 6. The Balaban J connectivity index is 1.33. The Morgan fingerprint density at radius 3 is 2.78 bits per heavy atom. The molecule has 0 saturated carbocycles. The number of rotatable bonds is 4. The molecule has 27 heavy (non-hydrogen) atoms. The van der Waals surface area contributed by atoms with E-state index in [9.17, 15) is 8.78 Å². The van der Waals surface area contributed by atoms with Gasteiger partial charge in [0, 0.05) is 31.3 Å². The fraction of sp³-hybridized carbons (Fsp3) is 0.526. The average molecular weight is 379 g/mol. The quantitative estimate of drug-likeness (QED) is 0.868. The van der Waals surface area contributed by atoms with Gasteiger partial charge in [0.05, 0.1) is 18.4 Å². The number of halogens is 2. The van der Waals surface area contributed by atoms with Crippen LogP contribution in [0.5, 0.6) is 5.75 Å². The molecule has 4 heterocycles. The first-order valence-corrected chi connectivity index (χ1v) is 9.25. The maximum absolute atomic E-state index is 14.6. The predicted octanol–water partition coefficient (Wildman–Crippen LogP) is 2.49. The summed E-state index contributed by atoms with van der Waals surface area (Å²) in [4.78, 5) is 6.03. The van der Waals surface area contributed by atoms with Crippen molar-refractivity contribution in [2.75, 3.05) is 26.3 Å². The zero-order valence-corrected chi connectivity index (χ0v) is 15.2. The summed E-state index contributed by atoms with van der Waals surface area (Å²) < 4.78 is 44.6. The lowest BCUT2D eigenvalue weighted by Gasteiger charge is -2.40. The van der Waals surface area contributed by atoms with E-state index < -0.39 is 11.9 Å². The SMILES string of the molecule is CC(C1NC2=C(C=C1F)OCCO2)N1CCC(Oc2cncc(F)c2)CC1. The lowest BCUT2D eigenvalue weighted by Crippen LogP contribution is -2.53. The van der Waals surface area contributed by atoms with E-state index >= 15 is 0 Å². The number of pyridine rings is 1. The maximum Gasteiger partial charge on any atom is 0.231 e. The van der Waals surface area contributed by atoms with Gasteiger partial charge in [0.15, 0.2) is 5.76 Å². The van der Waals surface area contributed by atoms with Crippen molar-refractivity contribution in [1.29, 1.82) is 0 Å². The van der Waals surface area contributed by atoms with Gasteiger partial charge in [-0.1, -0.05) is 0 Å². The predicted molar refractivity (Wildman–Crippen MR) is 93.9 cm³/mol. The third-order valence-corrected chi connectivity index (χ3v) is 5.18. The first-order chi connectivity index (χ1) is 13.1. The van der Waals surface area contributed by atoms with E-state index in [1.54, 1.807) is 0 Å². The molecular weight excluding hydrogens is 356 g/mol. The van der Waals surface area contributed by atoms with E-state index in [0.717, 1.165) is 32.1 Å². The van der Waals surface area contributed by atoms with Crippen molar-refractivity contribution in [3.8, 4) is 5.75 Å². The number of allylic oxidation sites excluding steroid dienone is 1. The van der Waals surface area contributed by atoms with Crippen molar-refractivity contribution < 1.29 is 23.0 Å². The molecule has 6 nitrogen and oxygen atoms in total. The molecule has 0 spiro atoms. The summed E-state index contributed by atoms with van der Waals surface area (Å²) in [6, 6.07) is 0.805. The number of likely N-dealkylation sites (tertiary alicyclic amines) is 1. The lowest BCUT2D eigenvalue weighted by atomic mass is 9.99. The van der Waals surface area contributed by atoms with Crippen LogP contribution in [0, 0.1) is 5.82 Å². The summed E-state index contributed by atoms with van der Waals surface area (Å²) in [5.41, 5.74) is 0. The second-order valence-electron chi connectivity index (χ2n) is 6.97. The first-order valence-electron chi connectivity index (χ1n) is 9.25. The molecule has 146 valence electrons. The van der Waals surface area contributed by atoms with Crippen LogP contribution in [0.1, 0.15) is 19.8 Å². The normalized spacial score (nSPS) is 24.9. The highest BCUT2D eigenvalue weighted by atomic mass is 19.1. The van der Waals surface area contributed by atoms with Crippen LogP contribution in [-0.2, 0) is 9.47 Å². The van der Waals surface area contributed by atoms with E-state index in [1.807, 2.05) is 6.92 Å². The highest BCUT2D eigenvalue weighted by Crippen LogP contribution is 2.28. The monoisotopic (exact) mass is 379 g/mol. The van der Waals surface area contributed by atoms with E-state index in [-0.39, 0.29) is 18.0 Å².